The number of pyridine rings is 1. The van der Waals surface area contributed by atoms with Gasteiger partial charge in [-0.15, -0.1) is 0 Å². The predicted molar refractivity (Wildman–Crippen MR) is 105 cm³/mol. The van der Waals surface area contributed by atoms with Gasteiger partial charge in [0, 0.05) is 35.3 Å². The lowest BCUT2D eigenvalue weighted by Gasteiger charge is -2.11. The lowest BCUT2D eigenvalue weighted by molar-refractivity contribution is 0.585. The van der Waals surface area contributed by atoms with Gasteiger partial charge in [0.2, 0.25) is 0 Å². The average molecular weight is 402 g/mol. The van der Waals surface area contributed by atoms with Crippen LogP contribution in [0.4, 0.5) is 0 Å². The van der Waals surface area contributed by atoms with Crippen LogP contribution in [0.1, 0.15) is 6.42 Å². The van der Waals surface area contributed by atoms with Crippen molar-refractivity contribution in [3.8, 4) is 0 Å². The second-order valence-electron chi connectivity index (χ2n) is 6.08. The van der Waals surface area contributed by atoms with E-state index in [0.717, 1.165) is 22.1 Å². The van der Waals surface area contributed by atoms with Gasteiger partial charge in [-0.2, -0.15) is 0 Å². The summed E-state index contributed by atoms with van der Waals surface area (Å²) in [6, 6.07) is 7.92. The minimum atomic E-state index is -3.68. The van der Waals surface area contributed by atoms with Gasteiger partial charge in [0.25, 0.3) is 10.0 Å². The number of H-pyrrole nitrogens is 1. The maximum Gasteiger partial charge on any atom is 0.261 e. The zero-order valence-electron chi connectivity index (χ0n) is 14.2. The van der Waals surface area contributed by atoms with Crippen molar-refractivity contribution < 1.29 is 8.42 Å². The highest BCUT2D eigenvalue weighted by atomic mass is 35.5. The number of nitrogens with zero attached hydrogens (tertiary/aromatic N) is 3. The largest absolute Gasteiger partial charge is 0.346 e. The van der Waals surface area contributed by atoms with Crippen LogP contribution in [0.3, 0.4) is 0 Å². The number of nitrogens with one attached hydrogen (secondary N) is 2. The number of rotatable bonds is 6. The van der Waals surface area contributed by atoms with Crippen LogP contribution < -0.4 is 4.72 Å². The summed E-state index contributed by atoms with van der Waals surface area (Å²) in [4.78, 5) is 11.9. The minimum absolute atomic E-state index is 0.140. The Bertz CT molecular complexity index is 1240. The van der Waals surface area contributed by atoms with Crippen molar-refractivity contribution in [1.29, 1.82) is 0 Å². The van der Waals surface area contributed by atoms with Crippen LogP contribution in [-0.4, -0.2) is 27.9 Å². The quantitative estimate of drug-likeness (QED) is 0.517. The summed E-state index contributed by atoms with van der Waals surface area (Å²) in [5, 5.41) is 1.45. The molecule has 0 spiro atoms. The molecule has 138 valence electrons. The van der Waals surface area contributed by atoms with Crippen molar-refractivity contribution in [3.05, 3.63) is 66.4 Å². The number of aryl methyl sites for hydroxylation is 1. The number of hydrogen-bond donors (Lipinski definition) is 2. The van der Waals surface area contributed by atoms with Crippen molar-refractivity contribution in [1.82, 2.24) is 24.2 Å². The molecule has 4 aromatic rings. The fourth-order valence-electron chi connectivity index (χ4n) is 2.91. The van der Waals surface area contributed by atoms with Crippen LogP contribution in [0.2, 0.25) is 5.02 Å². The molecular weight excluding hydrogens is 386 g/mol. The van der Waals surface area contributed by atoms with Gasteiger partial charge in [0.05, 0.1) is 22.9 Å². The van der Waals surface area contributed by atoms with Crippen LogP contribution >= 0.6 is 11.6 Å². The first-order valence-electron chi connectivity index (χ1n) is 8.17. The molecule has 3 aromatic heterocycles. The molecule has 0 aliphatic heterocycles. The van der Waals surface area contributed by atoms with Gasteiger partial charge in [0.15, 0.2) is 0 Å². The lowest BCUT2D eigenvalue weighted by Crippen LogP contribution is -2.23. The van der Waals surface area contributed by atoms with Crippen molar-refractivity contribution in [2.45, 2.75) is 17.9 Å². The summed E-state index contributed by atoms with van der Waals surface area (Å²) in [7, 11) is -3.68. The third-order valence-electron chi connectivity index (χ3n) is 4.22. The van der Waals surface area contributed by atoms with E-state index < -0.39 is 10.0 Å². The van der Waals surface area contributed by atoms with Gasteiger partial charge in [-0.1, -0.05) is 18.2 Å². The van der Waals surface area contributed by atoms with E-state index in [2.05, 4.69) is 26.3 Å². The molecule has 4 rings (SSSR count). The Morgan fingerprint density at radius 3 is 2.78 bits per heavy atom. The standard InChI is InChI=1S/C18H16ClN5O2S/c1-12(23-27(25,26)14-4-2-13(19)3-5-14)7-9-24-11-22-16-10-21-18-15(17(16)24)6-8-20-18/h2-6,8,10-11,23H,1,7,9H2,(H,20,21). The van der Waals surface area contributed by atoms with Crippen LogP contribution in [0, 0.1) is 0 Å². The summed E-state index contributed by atoms with van der Waals surface area (Å²) in [5.41, 5.74) is 2.92. The Hall–Kier alpha value is -2.84. The third kappa shape index (κ3) is 3.41. The lowest BCUT2D eigenvalue weighted by atomic mass is 10.3. The molecule has 0 aliphatic rings. The van der Waals surface area contributed by atoms with Crippen molar-refractivity contribution in [3.63, 3.8) is 0 Å². The van der Waals surface area contributed by atoms with Gasteiger partial charge < -0.3 is 9.55 Å². The zero-order valence-corrected chi connectivity index (χ0v) is 15.8. The summed E-state index contributed by atoms with van der Waals surface area (Å²) >= 11 is 5.81. The van der Waals surface area contributed by atoms with E-state index in [9.17, 15) is 8.42 Å². The molecule has 7 nitrogen and oxygen atoms in total. The van der Waals surface area contributed by atoms with Gasteiger partial charge in [0.1, 0.15) is 11.2 Å². The fraction of sp³-hybridized carbons (Fsp3) is 0.111. The second kappa shape index (κ2) is 6.71. The first-order chi connectivity index (χ1) is 12.9. The Morgan fingerprint density at radius 1 is 1.22 bits per heavy atom. The molecule has 9 heteroatoms. The number of halogens is 1. The Labute approximate surface area is 160 Å². The van der Waals surface area contributed by atoms with Crippen LogP contribution in [0.15, 0.2) is 66.2 Å². The van der Waals surface area contributed by atoms with E-state index in [1.165, 1.54) is 24.3 Å². The number of imidazole rings is 1. The first-order valence-corrected chi connectivity index (χ1v) is 10.0. The molecule has 0 radical (unpaired) electrons. The molecule has 0 saturated carbocycles. The van der Waals surface area contributed by atoms with Gasteiger partial charge in [-0.25, -0.2) is 18.4 Å². The molecular formula is C18H16ClN5O2S. The van der Waals surface area contributed by atoms with E-state index in [1.54, 1.807) is 12.5 Å². The van der Waals surface area contributed by atoms with E-state index in [4.69, 9.17) is 11.6 Å². The van der Waals surface area contributed by atoms with Crippen molar-refractivity contribution in [2.75, 3.05) is 0 Å². The van der Waals surface area contributed by atoms with E-state index in [0.29, 0.717) is 23.7 Å². The fourth-order valence-corrected chi connectivity index (χ4v) is 4.13. The third-order valence-corrected chi connectivity index (χ3v) is 5.92. The SMILES string of the molecule is C=C(CCn1cnc2cnc3[nH]ccc3c21)NS(=O)(=O)c1ccc(Cl)cc1. The average Bonchev–Trinajstić information content (AvgIpc) is 3.26. The highest BCUT2D eigenvalue weighted by Crippen LogP contribution is 2.22. The van der Waals surface area contributed by atoms with Crippen molar-refractivity contribution >= 4 is 43.7 Å². The molecule has 2 N–H and O–H groups in total. The van der Waals surface area contributed by atoms with Crippen molar-refractivity contribution in [2.24, 2.45) is 0 Å². The number of hydrogen-bond acceptors (Lipinski definition) is 4. The van der Waals surface area contributed by atoms with Crippen LogP contribution in [0.5, 0.6) is 0 Å². The van der Waals surface area contributed by atoms with E-state index >= 15 is 0 Å². The number of allylic oxidation sites excluding steroid dienone is 1. The Kier molecular flexibility index (Phi) is 4.37. The number of sulfonamides is 1. The monoisotopic (exact) mass is 401 g/mol. The number of benzene rings is 1. The topological polar surface area (TPSA) is 92.7 Å². The molecule has 3 heterocycles. The molecule has 0 fully saturated rings. The van der Waals surface area contributed by atoms with Gasteiger partial charge in [-0.3, -0.25) is 4.72 Å². The molecule has 0 aliphatic carbocycles. The normalized spacial score (nSPS) is 11.9. The molecule has 0 atom stereocenters. The molecule has 0 saturated heterocycles. The molecule has 27 heavy (non-hydrogen) atoms. The highest BCUT2D eigenvalue weighted by molar-refractivity contribution is 7.89. The van der Waals surface area contributed by atoms with Gasteiger partial charge >= 0.3 is 0 Å². The summed E-state index contributed by atoms with van der Waals surface area (Å²) in [6.45, 7) is 4.38. The number of aromatic nitrogens is 4. The molecule has 0 unspecified atom stereocenters. The maximum absolute atomic E-state index is 12.4. The Balaban J connectivity index is 1.50. The van der Waals surface area contributed by atoms with Crippen LogP contribution in [0.25, 0.3) is 22.1 Å². The summed E-state index contributed by atoms with van der Waals surface area (Å²) < 4.78 is 29.3. The summed E-state index contributed by atoms with van der Waals surface area (Å²) in [6.07, 6.45) is 5.68. The number of aromatic amines is 1. The summed E-state index contributed by atoms with van der Waals surface area (Å²) in [5.74, 6) is 0. The Morgan fingerprint density at radius 2 is 2.00 bits per heavy atom. The molecule has 0 bridgehead atoms. The van der Waals surface area contributed by atoms with E-state index in [1.807, 2.05) is 16.8 Å². The first kappa shape index (κ1) is 17.6. The van der Waals surface area contributed by atoms with E-state index in [-0.39, 0.29) is 4.90 Å². The molecule has 0 amide bonds. The van der Waals surface area contributed by atoms with Gasteiger partial charge in [-0.05, 0) is 30.3 Å². The zero-order chi connectivity index (χ0) is 19.0. The molecule has 1 aromatic carbocycles. The second-order valence-corrected chi connectivity index (χ2v) is 8.20. The smallest absolute Gasteiger partial charge is 0.261 e. The minimum Gasteiger partial charge on any atom is -0.346 e. The number of fused-ring (bicyclic) bond motifs is 3. The highest BCUT2D eigenvalue weighted by Gasteiger charge is 2.15. The predicted octanol–water partition coefficient (Wildman–Crippen LogP) is 3.45. The maximum atomic E-state index is 12.4. The van der Waals surface area contributed by atoms with Crippen LogP contribution in [-0.2, 0) is 16.6 Å².